The van der Waals surface area contributed by atoms with Crippen LogP contribution in [0.3, 0.4) is 0 Å². The molecule has 6 atom stereocenters. The Morgan fingerprint density at radius 1 is 0.407 bits per heavy atom. The first-order valence-electron chi connectivity index (χ1n) is 34.0. The molecule has 0 aliphatic carbocycles. The molecule has 6 unspecified atom stereocenters. The van der Waals surface area contributed by atoms with Gasteiger partial charge in [0.1, 0.15) is 18.8 Å². The van der Waals surface area contributed by atoms with Gasteiger partial charge in [-0.15, -0.1) is 0 Å². The zero-order chi connectivity index (χ0) is 58.9. The minimum atomic E-state index is -1.90. The molecule has 0 aromatic heterocycles. The predicted molar refractivity (Wildman–Crippen MR) is 331 cm³/mol. The second-order valence-electron chi connectivity index (χ2n) is 23.5. The van der Waals surface area contributed by atoms with Gasteiger partial charge >= 0.3 is 23.9 Å². The van der Waals surface area contributed by atoms with Crippen molar-refractivity contribution in [2.45, 2.75) is 366 Å². The maximum Gasteiger partial charge on any atom is 0.335 e. The molecule has 1 aliphatic heterocycles. The molecule has 1 heterocycles. The lowest BCUT2D eigenvalue weighted by atomic mass is 9.98. The lowest BCUT2D eigenvalue weighted by Crippen LogP contribution is -2.61. The molecular weight excluding hydrogens is 1020 g/mol. The molecule has 1 fully saturated rings. The first-order valence-corrected chi connectivity index (χ1v) is 34.0. The number of aliphatic carboxylic acids is 1. The first kappa shape index (κ1) is 76.0. The standard InChI is InChI=1S/C69H124O12/c1-4-7-10-13-16-19-22-25-27-29-31-33-35-38-40-43-46-49-52-55-61(70)77-58-60(79-62(71)56-53-50-47-44-41-37-24-21-18-15-12-9-6-3)59-78-69-67(65(74)64(73)66(81-69)68(75)76)80-63(72)57-54-51-48-45-42-39-36-34-32-30-28-26-23-20-17-14-11-8-5-2/h16,19,25,27,31,33,60,64-67,69,73-74H,4-15,17-18,20-24,26,28-30,32,34-59H2,1-3H3,(H,75,76)/b19-16-,27-25-,33-31-. The monoisotopic (exact) mass is 1140 g/mol. The van der Waals surface area contributed by atoms with Gasteiger partial charge in [0.25, 0.3) is 0 Å². The maximum atomic E-state index is 13.2. The number of carboxylic acids is 1. The van der Waals surface area contributed by atoms with E-state index in [4.69, 9.17) is 23.7 Å². The number of rotatable bonds is 59. The lowest BCUT2D eigenvalue weighted by molar-refractivity contribution is -0.301. The highest BCUT2D eigenvalue weighted by atomic mass is 16.7. The number of unbranched alkanes of at least 4 members (excludes halogenated alkanes) is 39. The topological polar surface area (TPSA) is 175 Å². The smallest absolute Gasteiger partial charge is 0.335 e. The summed E-state index contributed by atoms with van der Waals surface area (Å²) in [6.07, 6.45) is 56.7. The predicted octanol–water partition coefficient (Wildman–Crippen LogP) is 18.4. The first-order chi connectivity index (χ1) is 39.6. The Morgan fingerprint density at radius 2 is 0.741 bits per heavy atom. The lowest BCUT2D eigenvalue weighted by Gasteiger charge is -2.40. The van der Waals surface area contributed by atoms with Gasteiger partial charge in [0.15, 0.2) is 24.6 Å². The summed E-state index contributed by atoms with van der Waals surface area (Å²) >= 11 is 0. The number of hydrogen-bond donors (Lipinski definition) is 3. The number of carbonyl (C=O) groups is 4. The zero-order valence-electron chi connectivity index (χ0n) is 52.3. The molecular formula is C69H124O12. The Bertz CT molecular complexity index is 1550. The van der Waals surface area contributed by atoms with Crippen LogP contribution in [0.4, 0.5) is 0 Å². The van der Waals surface area contributed by atoms with E-state index in [1.807, 2.05) is 0 Å². The van der Waals surface area contributed by atoms with E-state index in [9.17, 15) is 34.5 Å². The van der Waals surface area contributed by atoms with Gasteiger partial charge in [-0.3, -0.25) is 14.4 Å². The molecule has 0 bridgehead atoms. The van der Waals surface area contributed by atoms with Gasteiger partial charge in [0.05, 0.1) is 6.61 Å². The number of ether oxygens (including phenoxy) is 5. The minimum Gasteiger partial charge on any atom is -0.479 e. The quantitative estimate of drug-likeness (QED) is 0.0228. The molecule has 81 heavy (non-hydrogen) atoms. The van der Waals surface area contributed by atoms with Crippen LogP contribution in [0.5, 0.6) is 0 Å². The molecule has 1 aliphatic rings. The van der Waals surface area contributed by atoms with Crippen LogP contribution in [0, 0.1) is 0 Å². The van der Waals surface area contributed by atoms with E-state index in [-0.39, 0.29) is 25.9 Å². The van der Waals surface area contributed by atoms with Gasteiger partial charge in [-0.25, -0.2) is 4.79 Å². The Labute approximate surface area is 495 Å². The summed E-state index contributed by atoms with van der Waals surface area (Å²) in [7, 11) is 0. The van der Waals surface area contributed by atoms with Crippen molar-refractivity contribution >= 4 is 23.9 Å². The summed E-state index contributed by atoms with van der Waals surface area (Å²) in [4.78, 5) is 51.4. The molecule has 0 aromatic carbocycles. The van der Waals surface area contributed by atoms with Gasteiger partial charge in [-0.2, -0.15) is 0 Å². The summed E-state index contributed by atoms with van der Waals surface area (Å²) in [6.45, 7) is 6.01. The van der Waals surface area contributed by atoms with E-state index in [1.54, 1.807) is 0 Å². The normalized spacial score (nSPS) is 17.9. The zero-order valence-corrected chi connectivity index (χ0v) is 52.3. The number of carbonyl (C=O) groups excluding carboxylic acids is 3. The molecule has 0 radical (unpaired) electrons. The van der Waals surface area contributed by atoms with Crippen molar-refractivity contribution in [1.82, 2.24) is 0 Å². The number of allylic oxidation sites excluding steroid dienone is 6. The molecule has 0 saturated carbocycles. The Kier molecular flexibility index (Phi) is 53.8. The van der Waals surface area contributed by atoms with E-state index >= 15 is 0 Å². The van der Waals surface area contributed by atoms with Crippen molar-refractivity contribution in [2.75, 3.05) is 13.2 Å². The molecule has 12 nitrogen and oxygen atoms in total. The van der Waals surface area contributed by atoms with Gasteiger partial charge in [-0.05, 0) is 57.8 Å². The number of aliphatic hydroxyl groups is 2. The fourth-order valence-electron chi connectivity index (χ4n) is 10.5. The van der Waals surface area contributed by atoms with Crippen LogP contribution in [0.2, 0.25) is 0 Å². The van der Waals surface area contributed by atoms with Gasteiger partial charge in [-0.1, -0.05) is 288 Å². The molecule has 12 heteroatoms. The highest BCUT2D eigenvalue weighted by Gasteiger charge is 2.50. The highest BCUT2D eigenvalue weighted by Crippen LogP contribution is 2.27. The van der Waals surface area contributed by atoms with E-state index in [0.717, 1.165) is 89.9 Å². The molecule has 472 valence electrons. The molecule has 3 N–H and O–H groups in total. The second-order valence-corrected chi connectivity index (χ2v) is 23.5. The van der Waals surface area contributed by atoms with Crippen molar-refractivity contribution in [1.29, 1.82) is 0 Å². The Hall–Kier alpha value is -3.06. The third kappa shape index (κ3) is 46.9. The van der Waals surface area contributed by atoms with Crippen molar-refractivity contribution in [3.63, 3.8) is 0 Å². The van der Waals surface area contributed by atoms with E-state index in [2.05, 4.69) is 57.2 Å². The fourth-order valence-corrected chi connectivity index (χ4v) is 10.5. The van der Waals surface area contributed by atoms with Crippen molar-refractivity contribution < 1.29 is 58.2 Å². The molecule has 0 aromatic rings. The maximum absolute atomic E-state index is 13.2. The van der Waals surface area contributed by atoms with Gasteiger partial charge in [0.2, 0.25) is 0 Å². The average molecular weight is 1150 g/mol. The molecule has 1 saturated heterocycles. The minimum absolute atomic E-state index is 0.0659. The third-order valence-corrected chi connectivity index (χ3v) is 15.7. The van der Waals surface area contributed by atoms with Crippen LogP contribution in [-0.4, -0.2) is 89.2 Å². The summed E-state index contributed by atoms with van der Waals surface area (Å²) in [6, 6.07) is 0. The van der Waals surface area contributed by atoms with Gasteiger partial charge < -0.3 is 39.0 Å². The summed E-state index contributed by atoms with van der Waals surface area (Å²) in [5.74, 6) is -3.10. The van der Waals surface area contributed by atoms with Crippen LogP contribution in [0.15, 0.2) is 36.5 Å². The Balaban J connectivity index is 2.61. The third-order valence-electron chi connectivity index (χ3n) is 15.7. The summed E-state index contributed by atoms with van der Waals surface area (Å²) in [5, 5.41) is 31.6. The van der Waals surface area contributed by atoms with E-state index in [0.29, 0.717) is 19.3 Å². The summed E-state index contributed by atoms with van der Waals surface area (Å²) < 4.78 is 28.6. The number of hydrogen-bond acceptors (Lipinski definition) is 11. The van der Waals surface area contributed by atoms with E-state index in [1.165, 1.54) is 180 Å². The highest BCUT2D eigenvalue weighted by molar-refractivity contribution is 5.74. The second kappa shape index (κ2) is 57.4. The van der Waals surface area contributed by atoms with Crippen LogP contribution in [0.1, 0.15) is 329 Å². The SMILES string of the molecule is CCCCC/C=C\C/C=C\C/C=C\CCCCCCCCC(=O)OCC(COC1OC(C(=O)O)C(O)C(O)C1OC(=O)CCCCCCCCCCCCCCCCCCCCC)OC(=O)CCCCCCCCCCCCCCC. The fraction of sp³-hybridized carbons (Fsp3) is 0.855. The molecule has 0 spiro atoms. The van der Waals surface area contributed by atoms with Crippen molar-refractivity contribution in [3.8, 4) is 0 Å². The summed E-state index contributed by atoms with van der Waals surface area (Å²) in [5.41, 5.74) is 0. The van der Waals surface area contributed by atoms with Crippen molar-refractivity contribution in [2.24, 2.45) is 0 Å². The molecule has 1 rings (SSSR count). The number of carboxylic acid groups (broad SMARTS) is 1. The largest absolute Gasteiger partial charge is 0.479 e. The average Bonchev–Trinajstić information content (AvgIpc) is 3.45. The van der Waals surface area contributed by atoms with Crippen LogP contribution in [0.25, 0.3) is 0 Å². The Morgan fingerprint density at radius 3 is 1.15 bits per heavy atom. The number of aliphatic hydroxyl groups excluding tert-OH is 2. The van der Waals surface area contributed by atoms with E-state index < -0.39 is 67.3 Å². The number of esters is 3. The van der Waals surface area contributed by atoms with Crippen LogP contribution >= 0.6 is 0 Å². The van der Waals surface area contributed by atoms with Crippen LogP contribution in [-0.2, 0) is 42.9 Å². The van der Waals surface area contributed by atoms with Gasteiger partial charge in [0, 0.05) is 19.3 Å². The molecule has 0 amide bonds. The van der Waals surface area contributed by atoms with Crippen LogP contribution < -0.4 is 0 Å². The van der Waals surface area contributed by atoms with Crippen molar-refractivity contribution in [3.05, 3.63) is 36.5 Å².